The van der Waals surface area contributed by atoms with E-state index in [1.807, 2.05) is 19.1 Å². The van der Waals surface area contributed by atoms with Crippen molar-refractivity contribution in [2.45, 2.75) is 13.3 Å². The van der Waals surface area contributed by atoms with Crippen molar-refractivity contribution >= 4 is 29.0 Å². The van der Waals surface area contributed by atoms with Gasteiger partial charge in [-0.15, -0.1) is 0 Å². The van der Waals surface area contributed by atoms with Gasteiger partial charge in [0.25, 0.3) is 5.91 Å². The zero-order valence-corrected chi connectivity index (χ0v) is 15.4. The van der Waals surface area contributed by atoms with Crippen LogP contribution < -0.4 is 10.6 Å². The third-order valence-electron chi connectivity index (χ3n) is 3.97. The molecule has 0 saturated carbocycles. The topological polar surface area (TPSA) is 66.9 Å². The van der Waals surface area contributed by atoms with Gasteiger partial charge in [-0.1, -0.05) is 29.8 Å². The molecule has 0 bridgehead atoms. The highest BCUT2D eigenvalue weighted by Crippen LogP contribution is 2.22. The van der Waals surface area contributed by atoms with Crippen LogP contribution in [0.5, 0.6) is 0 Å². The van der Waals surface area contributed by atoms with Gasteiger partial charge in [0, 0.05) is 17.3 Å². The van der Waals surface area contributed by atoms with Crippen molar-refractivity contribution < 1.29 is 9.18 Å². The van der Waals surface area contributed by atoms with E-state index in [4.69, 9.17) is 11.6 Å². The quantitative estimate of drug-likeness (QED) is 0.665. The Balaban J connectivity index is 1.56. The SMILES string of the molecule is Cc1cc(Cl)ccc1Nc1cnc(C(=O)NCCc2ccccc2F)cn1. The molecule has 138 valence electrons. The van der Waals surface area contributed by atoms with Crippen molar-refractivity contribution in [1.29, 1.82) is 0 Å². The number of carbonyl (C=O) groups is 1. The van der Waals surface area contributed by atoms with Crippen LogP contribution in [-0.4, -0.2) is 22.4 Å². The molecule has 0 saturated heterocycles. The van der Waals surface area contributed by atoms with Crippen LogP contribution in [0.25, 0.3) is 0 Å². The Morgan fingerprint density at radius 1 is 1.15 bits per heavy atom. The third-order valence-corrected chi connectivity index (χ3v) is 4.21. The van der Waals surface area contributed by atoms with Crippen LogP contribution in [0.3, 0.4) is 0 Å². The number of carbonyl (C=O) groups excluding carboxylic acids is 1. The number of hydrogen-bond acceptors (Lipinski definition) is 4. The maximum absolute atomic E-state index is 13.6. The summed E-state index contributed by atoms with van der Waals surface area (Å²) in [6.45, 7) is 2.24. The molecule has 0 aliphatic carbocycles. The van der Waals surface area contributed by atoms with E-state index in [-0.39, 0.29) is 17.4 Å². The van der Waals surface area contributed by atoms with E-state index < -0.39 is 0 Å². The molecular formula is C20H18ClFN4O. The molecule has 27 heavy (non-hydrogen) atoms. The van der Waals surface area contributed by atoms with Gasteiger partial charge in [-0.2, -0.15) is 0 Å². The molecule has 0 atom stereocenters. The smallest absolute Gasteiger partial charge is 0.271 e. The molecule has 2 N–H and O–H groups in total. The average molecular weight is 385 g/mol. The number of nitrogens with zero attached hydrogens (tertiary/aromatic N) is 2. The largest absolute Gasteiger partial charge is 0.350 e. The zero-order chi connectivity index (χ0) is 19.2. The second kappa shape index (κ2) is 8.60. The molecule has 2 aromatic carbocycles. The lowest BCUT2D eigenvalue weighted by atomic mass is 10.1. The van der Waals surface area contributed by atoms with Crippen molar-refractivity contribution in [3.8, 4) is 0 Å². The number of halogens is 2. The van der Waals surface area contributed by atoms with Crippen LogP contribution in [0.1, 0.15) is 21.6 Å². The van der Waals surface area contributed by atoms with Crippen LogP contribution in [0.4, 0.5) is 15.9 Å². The number of anilines is 2. The Kier molecular flexibility index (Phi) is 5.98. The number of aromatic nitrogens is 2. The Morgan fingerprint density at radius 3 is 2.67 bits per heavy atom. The third kappa shape index (κ3) is 5.01. The minimum atomic E-state index is -0.354. The highest BCUT2D eigenvalue weighted by atomic mass is 35.5. The lowest BCUT2D eigenvalue weighted by molar-refractivity contribution is 0.0948. The molecule has 5 nitrogen and oxygen atoms in total. The van der Waals surface area contributed by atoms with Crippen LogP contribution >= 0.6 is 11.6 Å². The first-order valence-corrected chi connectivity index (χ1v) is 8.77. The van der Waals surface area contributed by atoms with Crippen molar-refractivity contribution in [3.63, 3.8) is 0 Å². The summed E-state index contributed by atoms with van der Waals surface area (Å²) in [6.07, 6.45) is 3.28. The Bertz CT molecular complexity index is 947. The Labute approximate surface area is 161 Å². The number of amides is 1. The van der Waals surface area contributed by atoms with E-state index in [1.165, 1.54) is 18.5 Å². The second-order valence-corrected chi connectivity index (χ2v) is 6.40. The molecule has 0 unspecified atom stereocenters. The summed E-state index contributed by atoms with van der Waals surface area (Å²) in [5.74, 6) is -0.115. The maximum Gasteiger partial charge on any atom is 0.271 e. The van der Waals surface area contributed by atoms with Crippen LogP contribution in [0.2, 0.25) is 5.02 Å². The van der Waals surface area contributed by atoms with Crippen LogP contribution in [0.15, 0.2) is 54.9 Å². The molecule has 0 aliphatic rings. The van der Waals surface area contributed by atoms with Gasteiger partial charge in [-0.25, -0.2) is 14.4 Å². The highest BCUT2D eigenvalue weighted by Gasteiger charge is 2.09. The Morgan fingerprint density at radius 2 is 1.96 bits per heavy atom. The summed E-state index contributed by atoms with van der Waals surface area (Å²) in [7, 11) is 0. The van der Waals surface area contributed by atoms with Crippen molar-refractivity contribution in [2.24, 2.45) is 0 Å². The lowest BCUT2D eigenvalue weighted by Crippen LogP contribution is -2.26. The molecule has 0 aliphatic heterocycles. The van der Waals surface area contributed by atoms with E-state index in [2.05, 4.69) is 20.6 Å². The number of nitrogens with one attached hydrogen (secondary N) is 2. The molecule has 3 rings (SSSR count). The van der Waals surface area contributed by atoms with Crippen LogP contribution in [0, 0.1) is 12.7 Å². The first kappa shape index (κ1) is 18.8. The van der Waals surface area contributed by atoms with Gasteiger partial charge < -0.3 is 10.6 Å². The predicted octanol–water partition coefficient (Wildman–Crippen LogP) is 4.29. The van der Waals surface area contributed by atoms with E-state index in [0.29, 0.717) is 29.4 Å². The van der Waals surface area contributed by atoms with Gasteiger partial charge in [0.2, 0.25) is 0 Å². The first-order valence-electron chi connectivity index (χ1n) is 8.40. The fraction of sp³-hybridized carbons (Fsp3) is 0.150. The molecule has 0 radical (unpaired) electrons. The van der Waals surface area contributed by atoms with Gasteiger partial charge in [-0.05, 0) is 48.7 Å². The molecule has 0 fully saturated rings. The van der Waals surface area contributed by atoms with Crippen molar-refractivity contribution in [2.75, 3.05) is 11.9 Å². The first-order chi connectivity index (χ1) is 13.0. The lowest BCUT2D eigenvalue weighted by Gasteiger charge is -2.09. The number of hydrogen-bond donors (Lipinski definition) is 2. The summed E-state index contributed by atoms with van der Waals surface area (Å²) in [4.78, 5) is 20.5. The molecule has 1 amide bonds. The molecule has 1 heterocycles. The summed E-state index contributed by atoms with van der Waals surface area (Å²) in [5.41, 5.74) is 2.58. The summed E-state index contributed by atoms with van der Waals surface area (Å²) in [5, 5.41) is 6.51. The fourth-order valence-electron chi connectivity index (χ4n) is 2.52. The second-order valence-electron chi connectivity index (χ2n) is 5.97. The van der Waals surface area contributed by atoms with Gasteiger partial charge in [0.15, 0.2) is 0 Å². The van der Waals surface area contributed by atoms with E-state index >= 15 is 0 Å². The molecule has 1 aromatic heterocycles. The van der Waals surface area contributed by atoms with E-state index in [9.17, 15) is 9.18 Å². The number of aryl methyl sites for hydroxylation is 1. The molecular weight excluding hydrogens is 367 g/mol. The minimum absolute atomic E-state index is 0.196. The minimum Gasteiger partial charge on any atom is -0.350 e. The normalized spacial score (nSPS) is 10.5. The van der Waals surface area contributed by atoms with Gasteiger partial charge in [-0.3, -0.25) is 4.79 Å². The number of rotatable bonds is 6. The van der Waals surface area contributed by atoms with Gasteiger partial charge in [0.1, 0.15) is 17.3 Å². The van der Waals surface area contributed by atoms with E-state index in [1.54, 1.807) is 24.3 Å². The summed E-state index contributed by atoms with van der Waals surface area (Å²) in [6, 6.07) is 12.0. The average Bonchev–Trinajstić information content (AvgIpc) is 2.66. The standard InChI is InChI=1S/C20H18ClFN4O/c1-13-10-15(21)6-7-17(13)26-19-12-24-18(11-25-19)20(27)23-9-8-14-4-2-3-5-16(14)22/h2-7,10-12H,8-9H2,1H3,(H,23,27)(H,25,26). The number of benzene rings is 2. The van der Waals surface area contributed by atoms with Gasteiger partial charge >= 0.3 is 0 Å². The zero-order valence-electron chi connectivity index (χ0n) is 14.7. The highest BCUT2D eigenvalue weighted by molar-refractivity contribution is 6.30. The van der Waals surface area contributed by atoms with Crippen molar-refractivity contribution in [1.82, 2.24) is 15.3 Å². The molecule has 3 aromatic rings. The van der Waals surface area contributed by atoms with Crippen molar-refractivity contribution in [3.05, 3.63) is 82.5 Å². The maximum atomic E-state index is 13.6. The fourth-order valence-corrected chi connectivity index (χ4v) is 2.74. The Hall–Kier alpha value is -2.99. The van der Waals surface area contributed by atoms with Crippen LogP contribution in [-0.2, 0) is 6.42 Å². The van der Waals surface area contributed by atoms with Gasteiger partial charge in [0.05, 0.1) is 12.4 Å². The molecule has 7 heteroatoms. The summed E-state index contributed by atoms with van der Waals surface area (Å²) < 4.78 is 13.6. The predicted molar refractivity (Wildman–Crippen MR) is 104 cm³/mol. The van der Waals surface area contributed by atoms with E-state index in [0.717, 1.165) is 11.3 Å². The summed E-state index contributed by atoms with van der Waals surface area (Å²) >= 11 is 5.94. The monoisotopic (exact) mass is 384 g/mol. The molecule has 0 spiro atoms.